The summed E-state index contributed by atoms with van der Waals surface area (Å²) in [6.07, 6.45) is 3.47. The van der Waals surface area contributed by atoms with Crippen LogP contribution < -0.4 is 11.5 Å². The minimum atomic E-state index is -0.163. The van der Waals surface area contributed by atoms with Crippen LogP contribution in [0.3, 0.4) is 0 Å². The fourth-order valence-electron chi connectivity index (χ4n) is 0.878. The Hall–Kier alpha value is -1.19. The summed E-state index contributed by atoms with van der Waals surface area (Å²) in [5.74, 6) is 0. The summed E-state index contributed by atoms with van der Waals surface area (Å²) in [5, 5.41) is 0. The van der Waals surface area contributed by atoms with E-state index in [9.17, 15) is 0 Å². The molecule has 1 aromatic heterocycles. The van der Waals surface area contributed by atoms with Gasteiger partial charge in [-0.15, -0.1) is 0 Å². The lowest BCUT2D eigenvalue weighted by molar-refractivity contribution is 0.711. The first-order valence-corrected chi connectivity index (χ1v) is 3.82. The predicted octanol–water partition coefficient (Wildman–Crippen LogP) is 0.683. The summed E-state index contributed by atoms with van der Waals surface area (Å²) >= 11 is 0. The number of nitrogens with two attached hydrogens (primary N) is 2. The van der Waals surface area contributed by atoms with Crippen LogP contribution in [0.4, 0.5) is 0 Å². The largest absolute Gasteiger partial charge is 0.329 e. The van der Waals surface area contributed by atoms with Crippen LogP contribution in [0.25, 0.3) is 6.08 Å². The van der Waals surface area contributed by atoms with E-state index in [-0.39, 0.29) is 6.04 Å². The Kier molecular flexibility index (Phi) is 2.96. The summed E-state index contributed by atoms with van der Waals surface area (Å²) in [7, 11) is 0. The van der Waals surface area contributed by atoms with Crippen molar-refractivity contribution in [3.63, 3.8) is 0 Å². The van der Waals surface area contributed by atoms with Gasteiger partial charge in [0.25, 0.3) is 0 Å². The summed E-state index contributed by atoms with van der Waals surface area (Å²) in [6, 6.07) is 3.63. The zero-order chi connectivity index (χ0) is 8.97. The van der Waals surface area contributed by atoms with Crippen LogP contribution in [0.2, 0.25) is 0 Å². The molecule has 3 heteroatoms. The van der Waals surface area contributed by atoms with Crippen LogP contribution >= 0.6 is 0 Å². The molecular formula is C9H13N3. The second kappa shape index (κ2) is 3.99. The molecule has 0 saturated carbocycles. The molecule has 12 heavy (non-hydrogen) atoms. The van der Waals surface area contributed by atoms with Crippen LogP contribution in [0.15, 0.2) is 24.9 Å². The highest BCUT2D eigenvalue weighted by molar-refractivity contribution is 5.45. The average Bonchev–Trinajstić information content (AvgIpc) is 2.17. The van der Waals surface area contributed by atoms with Crippen LogP contribution in [-0.4, -0.2) is 11.5 Å². The van der Waals surface area contributed by atoms with Gasteiger partial charge in [0.1, 0.15) is 0 Å². The zero-order valence-electron chi connectivity index (χ0n) is 6.90. The second-order valence-electron chi connectivity index (χ2n) is 2.56. The topological polar surface area (TPSA) is 64.9 Å². The summed E-state index contributed by atoms with van der Waals surface area (Å²) < 4.78 is 0. The van der Waals surface area contributed by atoms with E-state index in [1.165, 1.54) is 0 Å². The Morgan fingerprint density at radius 3 is 2.75 bits per heavy atom. The third kappa shape index (κ3) is 1.90. The van der Waals surface area contributed by atoms with Crippen molar-refractivity contribution >= 4 is 6.08 Å². The number of nitrogens with zero attached hydrogens (tertiary/aromatic N) is 1. The Morgan fingerprint density at radius 1 is 1.58 bits per heavy atom. The minimum absolute atomic E-state index is 0.163. The van der Waals surface area contributed by atoms with Gasteiger partial charge >= 0.3 is 0 Å². The van der Waals surface area contributed by atoms with Gasteiger partial charge in [0, 0.05) is 12.7 Å². The van der Waals surface area contributed by atoms with E-state index < -0.39 is 0 Å². The van der Waals surface area contributed by atoms with Gasteiger partial charge in [0.2, 0.25) is 0 Å². The highest BCUT2D eigenvalue weighted by Crippen LogP contribution is 2.06. The molecule has 0 spiro atoms. The normalized spacial score (nSPS) is 12.5. The zero-order valence-corrected chi connectivity index (χ0v) is 6.90. The van der Waals surface area contributed by atoms with Crippen molar-refractivity contribution < 1.29 is 0 Å². The molecule has 0 fully saturated rings. The smallest absolute Gasteiger partial charge is 0.0594 e. The number of pyridine rings is 1. The molecule has 1 unspecified atom stereocenters. The quantitative estimate of drug-likeness (QED) is 0.688. The molecule has 0 aliphatic heterocycles. The van der Waals surface area contributed by atoms with Gasteiger partial charge in [0.15, 0.2) is 0 Å². The van der Waals surface area contributed by atoms with E-state index in [0.717, 1.165) is 11.3 Å². The lowest BCUT2D eigenvalue weighted by atomic mass is 10.2. The molecule has 0 saturated heterocycles. The van der Waals surface area contributed by atoms with Crippen molar-refractivity contribution in [3.8, 4) is 0 Å². The van der Waals surface area contributed by atoms with Gasteiger partial charge in [-0.05, 0) is 11.6 Å². The van der Waals surface area contributed by atoms with Gasteiger partial charge in [-0.1, -0.05) is 18.7 Å². The molecular weight excluding hydrogens is 150 g/mol. The Balaban J connectivity index is 2.84. The Morgan fingerprint density at radius 2 is 2.33 bits per heavy atom. The third-order valence-corrected chi connectivity index (χ3v) is 1.68. The molecule has 64 valence electrons. The lowest BCUT2D eigenvalue weighted by Gasteiger charge is -2.06. The number of aromatic nitrogens is 1. The van der Waals surface area contributed by atoms with Crippen molar-refractivity contribution in [2.24, 2.45) is 11.5 Å². The first kappa shape index (κ1) is 8.90. The van der Waals surface area contributed by atoms with E-state index in [4.69, 9.17) is 11.5 Å². The van der Waals surface area contributed by atoms with E-state index in [0.29, 0.717) is 6.54 Å². The van der Waals surface area contributed by atoms with Crippen molar-refractivity contribution in [1.82, 2.24) is 4.98 Å². The highest BCUT2D eigenvalue weighted by atomic mass is 14.8. The monoisotopic (exact) mass is 163 g/mol. The van der Waals surface area contributed by atoms with Crippen LogP contribution in [0, 0.1) is 0 Å². The van der Waals surface area contributed by atoms with Crippen molar-refractivity contribution in [1.29, 1.82) is 0 Å². The molecule has 0 aliphatic carbocycles. The summed E-state index contributed by atoms with van der Waals surface area (Å²) in [4.78, 5) is 4.14. The van der Waals surface area contributed by atoms with E-state index in [1.807, 2.05) is 12.1 Å². The van der Waals surface area contributed by atoms with E-state index in [1.54, 1.807) is 12.3 Å². The molecule has 0 radical (unpaired) electrons. The summed E-state index contributed by atoms with van der Waals surface area (Å²) in [5.41, 5.74) is 12.9. The first-order chi connectivity index (χ1) is 5.77. The average molecular weight is 163 g/mol. The van der Waals surface area contributed by atoms with Crippen LogP contribution in [0.1, 0.15) is 17.3 Å². The number of rotatable bonds is 3. The van der Waals surface area contributed by atoms with Crippen molar-refractivity contribution in [2.75, 3.05) is 6.54 Å². The molecule has 1 heterocycles. The van der Waals surface area contributed by atoms with Crippen molar-refractivity contribution in [2.45, 2.75) is 6.04 Å². The fourth-order valence-corrected chi connectivity index (χ4v) is 0.878. The number of hydrogen-bond acceptors (Lipinski definition) is 3. The molecule has 4 N–H and O–H groups in total. The Bertz CT molecular complexity index is 253. The van der Waals surface area contributed by atoms with Gasteiger partial charge in [-0.25, -0.2) is 0 Å². The third-order valence-electron chi connectivity index (χ3n) is 1.68. The lowest BCUT2D eigenvalue weighted by Crippen LogP contribution is -2.21. The molecule has 1 aromatic rings. The fraction of sp³-hybridized carbons (Fsp3) is 0.222. The van der Waals surface area contributed by atoms with Gasteiger partial charge in [0.05, 0.1) is 11.7 Å². The molecule has 0 aliphatic rings. The SMILES string of the molecule is C=Cc1ccc(C(N)CN)nc1. The maximum atomic E-state index is 5.67. The van der Waals surface area contributed by atoms with Crippen molar-refractivity contribution in [3.05, 3.63) is 36.2 Å². The van der Waals surface area contributed by atoms with E-state index >= 15 is 0 Å². The van der Waals surface area contributed by atoms with Crippen LogP contribution in [-0.2, 0) is 0 Å². The molecule has 0 aromatic carbocycles. The van der Waals surface area contributed by atoms with Crippen LogP contribution in [0.5, 0.6) is 0 Å². The number of hydrogen-bond donors (Lipinski definition) is 2. The first-order valence-electron chi connectivity index (χ1n) is 3.82. The molecule has 0 bridgehead atoms. The molecule has 1 rings (SSSR count). The second-order valence-corrected chi connectivity index (χ2v) is 2.56. The standard InChI is InChI=1S/C9H13N3/c1-2-7-3-4-9(12-6-7)8(11)5-10/h2-4,6,8H,1,5,10-11H2. The molecule has 0 amide bonds. The minimum Gasteiger partial charge on any atom is -0.329 e. The Labute approximate surface area is 72.1 Å². The van der Waals surface area contributed by atoms with Gasteiger partial charge < -0.3 is 11.5 Å². The molecule has 3 nitrogen and oxygen atoms in total. The molecule has 1 atom stereocenters. The maximum Gasteiger partial charge on any atom is 0.0594 e. The summed E-state index contributed by atoms with van der Waals surface area (Å²) in [6.45, 7) is 4.05. The van der Waals surface area contributed by atoms with Gasteiger partial charge in [-0.3, -0.25) is 4.98 Å². The van der Waals surface area contributed by atoms with E-state index in [2.05, 4.69) is 11.6 Å². The van der Waals surface area contributed by atoms with Gasteiger partial charge in [-0.2, -0.15) is 0 Å². The maximum absolute atomic E-state index is 5.67. The highest BCUT2D eigenvalue weighted by Gasteiger charge is 2.02. The predicted molar refractivity (Wildman–Crippen MR) is 50.3 cm³/mol.